The Morgan fingerprint density at radius 1 is 0.208 bits per heavy atom. The summed E-state index contributed by atoms with van der Waals surface area (Å²) < 4.78 is 0. The lowest BCUT2D eigenvalue weighted by Crippen LogP contribution is -2.02. The van der Waals surface area contributed by atoms with E-state index in [1.165, 1.54) is 257 Å². The molecule has 0 heterocycles. The van der Waals surface area contributed by atoms with Crippen LogP contribution in [-0.2, 0) is 0 Å². The molecule has 0 rings (SSSR count). The predicted octanol–water partition coefficient (Wildman–Crippen LogP) is 17.9. The molecule has 0 nitrogen and oxygen atoms in total. The third-order valence-corrected chi connectivity index (χ3v) is 11.1. The maximum absolute atomic E-state index is 3.98. The van der Waals surface area contributed by atoms with Gasteiger partial charge >= 0.3 is 0 Å². The minimum absolute atomic E-state index is 0.660. The lowest BCUT2D eigenvalue weighted by atomic mass is 9.91. The highest BCUT2D eigenvalue weighted by Crippen LogP contribution is 2.23. The van der Waals surface area contributed by atoms with Crippen molar-refractivity contribution < 1.29 is 0 Å². The molecular formula is C48H94. The van der Waals surface area contributed by atoms with E-state index in [2.05, 4.69) is 39.5 Å². The molecule has 48 heavy (non-hydrogen) atoms. The first-order valence-electron chi connectivity index (χ1n) is 23.3. The summed E-state index contributed by atoms with van der Waals surface area (Å²) in [4.78, 5) is 0. The lowest BCUT2D eigenvalue weighted by molar-refractivity contribution is 0.462. The van der Waals surface area contributed by atoms with Crippen LogP contribution in [-0.4, -0.2) is 0 Å². The second kappa shape index (κ2) is 42.7. The lowest BCUT2D eigenvalue weighted by Gasteiger charge is -2.14. The summed E-state index contributed by atoms with van der Waals surface area (Å²) in [6, 6.07) is 0. The first-order chi connectivity index (χ1) is 23.8. The smallest absolute Gasteiger partial charge is 0.0203 e. The van der Waals surface area contributed by atoms with Gasteiger partial charge in [0.2, 0.25) is 0 Å². The SMILES string of the molecule is CCCCCCCCCCCCCC(C#CC(CCCCCCCCC)CCCCCCCCCCCCC)CCCCCCCCC. The third kappa shape index (κ3) is 38.4. The average Bonchev–Trinajstić information content (AvgIpc) is 3.10. The quantitative estimate of drug-likeness (QED) is 0.0449. The van der Waals surface area contributed by atoms with Gasteiger partial charge in [0.1, 0.15) is 0 Å². The molecule has 0 saturated carbocycles. The summed E-state index contributed by atoms with van der Waals surface area (Å²) in [5.74, 6) is 9.27. The highest BCUT2D eigenvalue weighted by atomic mass is 14.1. The van der Waals surface area contributed by atoms with Gasteiger partial charge < -0.3 is 0 Å². The summed E-state index contributed by atoms with van der Waals surface area (Å²) in [7, 11) is 0. The van der Waals surface area contributed by atoms with Gasteiger partial charge in [-0.2, -0.15) is 0 Å². The van der Waals surface area contributed by atoms with Crippen LogP contribution in [0.25, 0.3) is 0 Å². The van der Waals surface area contributed by atoms with E-state index in [0.29, 0.717) is 11.8 Å². The van der Waals surface area contributed by atoms with E-state index in [1.54, 1.807) is 0 Å². The Morgan fingerprint density at radius 3 is 0.521 bits per heavy atom. The Kier molecular flexibility index (Phi) is 42.3. The summed E-state index contributed by atoms with van der Waals surface area (Å²) in [6.07, 6.45) is 57.1. The van der Waals surface area contributed by atoms with E-state index in [9.17, 15) is 0 Å². The largest absolute Gasteiger partial charge is 0.0996 e. The third-order valence-electron chi connectivity index (χ3n) is 11.1. The Bertz CT molecular complexity index is 570. The van der Waals surface area contributed by atoms with Crippen molar-refractivity contribution in [3.8, 4) is 11.8 Å². The maximum Gasteiger partial charge on any atom is 0.0203 e. The van der Waals surface area contributed by atoms with Crippen molar-refractivity contribution in [2.24, 2.45) is 11.8 Å². The van der Waals surface area contributed by atoms with Crippen LogP contribution in [0.15, 0.2) is 0 Å². The number of hydrogen-bond acceptors (Lipinski definition) is 0. The Morgan fingerprint density at radius 2 is 0.354 bits per heavy atom. The van der Waals surface area contributed by atoms with E-state index in [-0.39, 0.29) is 0 Å². The number of unbranched alkanes of at least 4 members (excludes halogenated alkanes) is 32. The zero-order chi connectivity index (χ0) is 34.9. The van der Waals surface area contributed by atoms with Crippen LogP contribution in [0.5, 0.6) is 0 Å². The molecule has 0 radical (unpaired) electrons. The van der Waals surface area contributed by atoms with Crippen LogP contribution < -0.4 is 0 Å². The van der Waals surface area contributed by atoms with Crippen LogP contribution >= 0.6 is 0 Å². The van der Waals surface area contributed by atoms with Crippen molar-refractivity contribution in [3.63, 3.8) is 0 Å². The van der Waals surface area contributed by atoms with E-state index in [0.717, 1.165) is 0 Å². The summed E-state index contributed by atoms with van der Waals surface area (Å²) >= 11 is 0. The van der Waals surface area contributed by atoms with Gasteiger partial charge in [0.15, 0.2) is 0 Å². The van der Waals surface area contributed by atoms with Gasteiger partial charge in [-0.3, -0.25) is 0 Å². The van der Waals surface area contributed by atoms with Crippen LogP contribution in [0.4, 0.5) is 0 Å². The topological polar surface area (TPSA) is 0 Å². The summed E-state index contributed by atoms with van der Waals surface area (Å²) in [5, 5.41) is 0. The van der Waals surface area contributed by atoms with Crippen molar-refractivity contribution in [1.29, 1.82) is 0 Å². The highest BCUT2D eigenvalue weighted by molar-refractivity contribution is 5.07. The Balaban J connectivity index is 4.74. The Hall–Kier alpha value is -0.440. The fourth-order valence-electron chi connectivity index (χ4n) is 7.62. The molecule has 0 aromatic carbocycles. The van der Waals surface area contributed by atoms with E-state index in [1.807, 2.05) is 0 Å². The fraction of sp³-hybridized carbons (Fsp3) is 0.958. The monoisotopic (exact) mass is 671 g/mol. The first-order valence-corrected chi connectivity index (χ1v) is 23.3. The second-order valence-electron chi connectivity index (χ2n) is 16.2. The number of rotatable bonds is 40. The van der Waals surface area contributed by atoms with Gasteiger partial charge in [0.05, 0.1) is 0 Å². The molecule has 286 valence electrons. The van der Waals surface area contributed by atoms with Crippen LogP contribution in [0.1, 0.15) is 285 Å². The molecule has 2 unspecified atom stereocenters. The first kappa shape index (κ1) is 47.6. The van der Waals surface area contributed by atoms with Gasteiger partial charge in [0, 0.05) is 11.8 Å². The highest BCUT2D eigenvalue weighted by Gasteiger charge is 2.09. The molecule has 0 amide bonds. The molecule has 0 heteroatoms. The summed E-state index contributed by atoms with van der Waals surface area (Å²) in [6.45, 7) is 9.30. The molecule has 0 fully saturated rings. The molecule has 0 aromatic rings. The average molecular weight is 671 g/mol. The van der Waals surface area contributed by atoms with Crippen molar-refractivity contribution >= 4 is 0 Å². The van der Waals surface area contributed by atoms with Crippen molar-refractivity contribution in [2.75, 3.05) is 0 Å². The van der Waals surface area contributed by atoms with Gasteiger partial charge in [-0.15, -0.1) is 0 Å². The molecule has 0 saturated heterocycles. The van der Waals surface area contributed by atoms with E-state index < -0.39 is 0 Å². The van der Waals surface area contributed by atoms with Crippen molar-refractivity contribution in [3.05, 3.63) is 0 Å². The minimum atomic E-state index is 0.660. The van der Waals surface area contributed by atoms with Gasteiger partial charge in [-0.05, 0) is 25.7 Å². The van der Waals surface area contributed by atoms with Crippen molar-refractivity contribution in [2.45, 2.75) is 285 Å². The van der Waals surface area contributed by atoms with Gasteiger partial charge in [0.25, 0.3) is 0 Å². The molecule has 0 bridgehead atoms. The van der Waals surface area contributed by atoms with Crippen molar-refractivity contribution in [1.82, 2.24) is 0 Å². The number of hydrogen-bond donors (Lipinski definition) is 0. The molecule has 0 aliphatic heterocycles. The maximum atomic E-state index is 3.98. The Labute approximate surface area is 307 Å². The fourth-order valence-corrected chi connectivity index (χ4v) is 7.62. The van der Waals surface area contributed by atoms with Crippen LogP contribution in [0.2, 0.25) is 0 Å². The molecule has 0 aromatic heterocycles. The van der Waals surface area contributed by atoms with Crippen LogP contribution in [0, 0.1) is 23.7 Å². The molecule has 2 atom stereocenters. The molecule has 0 spiro atoms. The zero-order valence-electron chi connectivity index (χ0n) is 34.4. The molecule has 0 aliphatic rings. The second-order valence-corrected chi connectivity index (χ2v) is 16.2. The minimum Gasteiger partial charge on any atom is -0.0996 e. The van der Waals surface area contributed by atoms with Gasteiger partial charge in [-0.1, -0.05) is 271 Å². The van der Waals surface area contributed by atoms with Gasteiger partial charge in [-0.25, -0.2) is 0 Å². The molecule has 0 N–H and O–H groups in total. The molecular weight excluding hydrogens is 577 g/mol. The standard InChI is InChI=1S/C48H94/c1-5-9-13-17-21-23-25-27-31-35-39-43-47(41-37-33-29-19-15-11-7-3)45-46-48(42-38-34-30-20-16-12-8-4)44-40-36-32-28-26-24-22-18-14-10-6-2/h47-48H,5-44H2,1-4H3. The summed E-state index contributed by atoms with van der Waals surface area (Å²) in [5.41, 5.74) is 0. The molecule has 0 aliphatic carbocycles. The van der Waals surface area contributed by atoms with E-state index in [4.69, 9.17) is 0 Å². The zero-order valence-corrected chi connectivity index (χ0v) is 34.4. The normalized spacial score (nSPS) is 12.7. The van der Waals surface area contributed by atoms with E-state index >= 15 is 0 Å². The van der Waals surface area contributed by atoms with Crippen LogP contribution in [0.3, 0.4) is 0 Å². The predicted molar refractivity (Wildman–Crippen MR) is 222 cm³/mol.